The number of nitrogens with zero attached hydrogens (tertiary/aromatic N) is 1. The molecule has 1 saturated heterocycles. The minimum Gasteiger partial charge on any atom is -0.487 e. The van der Waals surface area contributed by atoms with Gasteiger partial charge >= 0.3 is 5.97 Å². The minimum absolute atomic E-state index is 0.119. The Kier molecular flexibility index (Phi) is 6.83. The van der Waals surface area contributed by atoms with Crippen molar-refractivity contribution >= 4 is 17.3 Å². The van der Waals surface area contributed by atoms with Crippen LogP contribution in [0.4, 0.5) is 4.39 Å². The maximum absolute atomic E-state index is 13.8. The van der Waals surface area contributed by atoms with Crippen molar-refractivity contribution in [1.82, 2.24) is 4.98 Å². The number of aromatic nitrogens is 1. The number of halogens is 1. The second kappa shape index (κ2) is 9.77. The van der Waals surface area contributed by atoms with Gasteiger partial charge in [-0.2, -0.15) is 0 Å². The fourth-order valence-corrected chi connectivity index (χ4v) is 4.26. The maximum Gasteiger partial charge on any atom is 0.332 e. The highest BCUT2D eigenvalue weighted by atomic mass is 32.1. The summed E-state index contributed by atoms with van der Waals surface area (Å²) < 4.78 is 35.8. The molecule has 3 aromatic rings. The third kappa shape index (κ3) is 4.82. The van der Waals surface area contributed by atoms with Gasteiger partial charge in [0.1, 0.15) is 35.4 Å². The van der Waals surface area contributed by atoms with Crippen molar-refractivity contribution in [2.75, 3.05) is 26.4 Å². The number of carbonyl (C=O) groups excluding carboxylic acids is 1. The molecule has 0 N–H and O–H groups in total. The lowest BCUT2D eigenvalue weighted by molar-refractivity contribution is -0.221. The fraction of sp³-hybridized carbons (Fsp3) is 0.333. The van der Waals surface area contributed by atoms with Crippen LogP contribution in [0.25, 0.3) is 10.6 Å². The average molecular weight is 458 g/mol. The van der Waals surface area contributed by atoms with E-state index in [4.69, 9.17) is 18.9 Å². The third-order valence-electron chi connectivity index (χ3n) is 5.26. The minimum atomic E-state index is -0.641. The van der Waals surface area contributed by atoms with E-state index in [-0.39, 0.29) is 12.4 Å². The molecule has 6 nitrogen and oxygen atoms in total. The van der Waals surface area contributed by atoms with Crippen LogP contribution in [-0.4, -0.2) is 37.4 Å². The fourth-order valence-electron chi connectivity index (χ4n) is 3.37. The van der Waals surface area contributed by atoms with Crippen molar-refractivity contribution < 1.29 is 28.1 Å². The molecular weight excluding hydrogens is 433 g/mol. The Morgan fingerprint density at radius 2 is 2.00 bits per heavy atom. The van der Waals surface area contributed by atoms with Crippen molar-refractivity contribution in [2.45, 2.75) is 26.1 Å². The molecule has 0 saturated carbocycles. The van der Waals surface area contributed by atoms with E-state index in [1.807, 2.05) is 35.7 Å². The van der Waals surface area contributed by atoms with E-state index in [0.717, 1.165) is 21.8 Å². The molecule has 4 rings (SSSR count). The third-order valence-corrected chi connectivity index (χ3v) is 6.18. The molecule has 0 spiro atoms. The van der Waals surface area contributed by atoms with Crippen LogP contribution in [0.15, 0.2) is 47.8 Å². The average Bonchev–Trinajstić information content (AvgIpc) is 3.23. The van der Waals surface area contributed by atoms with E-state index >= 15 is 0 Å². The van der Waals surface area contributed by atoms with Gasteiger partial charge < -0.3 is 18.9 Å². The van der Waals surface area contributed by atoms with Crippen molar-refractivity contribution in [3.63, 3.8) is 0 Å². The summed E-state index contributed by atoms with van der Waals surface area (Å²) >= 11 is 1.46. The van der Waals surface area contributed by atoms with Crippen LogP contribution in [0.3, 0.4) is 0 Å². The van der Waals surface area contributed by atoms with Crippen LogP contribution in [0.5, 0.6) is 5.75 Å². The largest absolute Gasteiger partial charge is 0.487 e. The summed E-state index contributed by atoms with van der Waals surface area (Å²) in [5.74, 6) is 0.0530. The molecule has 1 aromatic heterocycles. The molecule has 8 heteroatoms. The van der Waals surface area contributed by atoms with E-state index in [1.165, 1.54) is 17.4 Å². The number of rotatable bonds is 9. The predicted octanol–water partition coefficient (Wildman–Crippen LogP) is 4.64. The lowest BCUT2D eigenvalue weighted by atomic mass is 9.91. The van der Waals surface area contributed by atoms with Gasteiger partial charge in [-0.3, -0.25) is 0 Å². The Balaban J connectivity index is 1.37. The lowest BCUT2D eigenvalue weighted by Gasteiger charge is -2.41. The van der Waals surface area contributed by atoms with Gasteiger partial charge in [0.15, 0.2) is 0 Å². The number of ether oxygens (including phenoxy) is 4. The quantitative estimate of drug-likeness (QED) is 0.436. The number of esters is 1. The Bertz CT molecular complexity index is 1080. The van der Waals surface area contributed by atoms with Gasteiger partial charge in [0.05, 0.1) is 25.5 Å². The van der Waals surface area contributed by atoms with E-state index < -0.39 is 11.6 Å². The normalized spacial score (nSPS) is 14.6. The van der Waals surface area contributed by atoms with E-state index in [9.17, 15) is 9.18 Å². The Hall–Kier alpha value is -2.81. The van der Waals surface area contributed by atoms with Crippen LogP contribution >= 0.6 is 11.3 Å². The summed E-state index contributed by atoms with van der Waals surface area (Å²) in [5.41, 5.74) is 2.43. The molecule has 0 amide bonds. The number of hydrogen-bond acceptors (Lipinski definition) is 7. The molecule has 2 heterocycles. The zero-order chi connectivity index (χ0) is 22.6. The molecule has 1 aliphatic rings. The highest BCUT2D eigenvalue weighted by Crippen LogP contribution is 2.35. The summed E-state index contributed by atoms with van der Waals surface area (Å²) in [4.78, 5) is 16.2. The Labute approximate surface area is 189 Å². The molecule has 32 heavy (non-hydrogen) atoms. The summed E-state index contributed by atoms with van der Waals surface area (Å²) in [5, 5.41) is 2.68. The smallest absolute Gasteiger partial charge is 0.332 e. The van der Waals surface area contributed by atoms with Gasteiger partial charge in [0.25, 0.3) is 0 Å². The monoisotopic (exact) mass is 457 g/mol. The van der Waals surface area contributed by atoms with E-state index in [2.05, 4.69) is 4.98 Å². The first-order valence-electron chi connectivity index (χ1n) is 10.3. The number of thiazole rings is 1. The SMILES string of the molecule is CCOC(=O)COC1(c2ccc(OCc3csc(-c4cccc(F)c4C)n3)cc2)COC1. The Morgan fingerprint density at radius 3 is 2.69 bits per heavy atom. The van der Waals surface area contributed by atoms with Crippen molar-refractivity contribution in [3.8, 4) is 16.3 Å². The van der Waals surface area contributed by atoms with Gasteiger partial charge in [-0.25, -0.2) is 14.2 Å². The lowest BCUT2D eigenvalue weighted by Crippen LogP contribution is -2.49. The molecule has 0 unspecified atom stereocenters. The van der Waals surface area contributed by atoms with Gasteiger partial charge in [-0.1, -0.05) is 24.3 Å². The number of carbonyl (C=O) groups is 1. The molecular formula is C24H24FNO5S. The van der Waals surface area contributed by atoms with E-state index in [1.54, 1.807) is 19.9 Å². The Morgan fingerprint density at radius 1 is 1.22 bits per heavy atom. The highest BCUT2D eigenvalue weighted by molar-refractivity contribution is 7.13. The maximum atomic E-state index is 13.8. The van der Waals surface area contributed by atoms with Crippen molar-refractivity contribution in [2.24, 2.45) is 0 Å². The van der Waals surface area contributed by atoms with Crippen LogP contribution < -0.4 is 4.74 Å². The van der Waals surface area contributed by atoms with Gasteiger partial charge in [-0.15, -0.1) is 11.3 Å². The predicted molar refractivity (Wildman–Crippen MR) is 118 cm³/mol. The molecule has 2 aromatic carbocycles. The first-order valence-corrected chi connectivity index (χ1v) is 11.2. The molecule has 0 radical (unpaired) electrons. The number of benzene rings is 2. The standard InChI is InChI=1S/C24H24FNO5S/c1-3-29-22(27)12-31-24(14-28-15-24)17-7-9-19(10-8-17)30-11-18-13-32-23(26-18)20-5-4-6-21(25)16(20)2/h4-10,13H,3,11-12,14-15H2,1-2H3. The molecule has 0 bridgehead atoms. The summed E-state index contributed by atoms with van der Waals surface area (Å²) in [6.45, 7) is 4.78. The molecule has 0 aliphatic carbocycles. The van der Waals surface area contributed by atoms with Crippen LogP contribution in [-0.2, 0) is 31.2 Å². The topological polar surface area (TPSA) is 66.9 Å². The molecule has 168 valence electrons. The van der Waals surface area contributed by atoms with Crippen molar-refractivity contribution in [1.29, 1.82) is 0 Å². The second-order valence-corrected chi connectivity index (χ2v) is 8.31. The molecule has 1 fully saturated rings. The zero-order valence-electron chi connectivity index (χ0n) is 17.9. The first kappa shape index (κ1) is 22.4. The first-order chi connectivity index (χ1) is 15.5. The molecule has 1 aliphatic heterocycles. The van der Waals surface area contributed by atoms with Gasteiger partial charge in [0.2, 0.25) is 0 Å². The molecule has 0 atom stereocenters. The zero-order valence-corrected chi connectivity index (χ0v) is 18.7. The number of hydrogen-bond donors (Lipinski definition) is 0. The van der Waals surface area contributed by atoms with Gasteiger partial charge in [0, 0.05) is 10.9 Å². The summed E-state index contributed by atoms with van der Waals surface area (Å²) in [6, 6.07) is 12.5. The summed E-state index contributed by atoms with van der Waals surface area (Å²) in [7, 11) is 0. The second-order valence-electron chi connectivity index (χ2n) is 7.45. The van der Waals surface area contributed by atoms with Crippen molar-refractivity contribution in [3.05, 3.63) is 70.5 Å². The summed E-state index contributed by atoms with van der Waals surface area (Å²) in [6.07, 6.45) is 0. The van der Waals surface area contributed by atoms with Gasteiger partial charge in [-0.05, 0) is 43.2 Å². The highest BCUT2D eigenvalue weighted by Gasteiger charge is 2.42. The van der Waals surface area contributed by atoms with Crippen LogP contribution in [0.2, 0.25) is 0 Å². The van der Waals surface area contributed by atoms with E-state index in [0.29, 0.717) is 37.7 Å². The van der Waals surface area contributed by atoms with Crippen LogP contribution in [0.1, 0.15) is 23.7 Å². The van der Waals surface area contributed by atoms with Crippen LogP contribution in [0, 0.1) is 12.7 Å².